The number of nitrogens with one attached hydrogen (secondary N) is 1. The number of carbonyl (C=O) groups is 2. The van der Waals surface area contributed by atoms with Crippen molar-refractivity contribution < 1.29 is 14.7 Å². The smallest absolute Gasteiger partial charge is 0.305 e. The van der Waals surface area contributed by atoms with E-state index in [1.807, 2.05) is 0 Å². The monoisotopic (exact) mass is 298 g/mol. The van der Waals surface area contributed by atoms with Gasteiger partial charge in [0.05, 0.1) is 17.0 Å². The first-order valence-electron chi connectivity index (χ1n) is 6.78. The van der Waals surface area contributed by atoms with Crippen molar-refractivity contribution in [2.45, 2.75) is 44.1 Å². The predicted molar refractivity (Wildman–Crippen MR) is 76.0 cm³/mol. The Kier molecular flexibility index (Phi) is 4.38. The van der Waals surface area contributed by atoms with Crippen molar-refractivity contribution in [1.82, 2.24) is 9.88 Å². The van der Waals surface area contributed by atoms with Gasteiger partial charge in [-0.3, -0.25) is 9.59 Å². The van der Waals surface area contributed by atoms with E-state index in [0.717, 1.165) is 19.3 Å². The third kappa shape index (κ3) is 3.33. The van der Waals surface area contributed by atoms with E-state index in [1.54, 1.807) is 23.9 Å². The Hall–Kier alpha value is -1.49. The van der Waals surface area contributed by atoms with Gasteiger partial charge in [-0.05, 0) is 18.9 Å². The molecule has 0 bridgehead atoms. The van der Waals surface area contributed by atoms with E-state index >= 15 is 0 Å². The van der Waals surface area contributed by atoms with Crippen LogP contribution >= 0.6 is 11.6 Å². The SMILES string of the molecule is Cn1cc(Cl)cc1C(=O)NC1(CC(=O)O)CCCCC1. The molecule has 20 heavy (non-hydrogen) atoms. The van der Waals surface area contributed by atoms with Gasteiger partial charge in [0.15, 0.2) is 0 Å². The summed E-state index contributed by atoms with van der Waals surface area (Å²) in [5, 5.41) is 12.5. The van der Waals surface area contributed by atoms with Crippen LogP contribution in [0.3, 0.4) is 0 Å². The molecule has 0 aliphatic heterocycles. The second-order valence-corrected chi connectivity index (χ2v) is 5.96. The van der Waals surface area contributed by atoms with Gasteiger partial charge in [0.25, 0.3) is 5.91 Å². The van der Waals surface area contributed by atoms with Gasteiger partial charge in [-0.2, -0.15) is 0 Å². The topological polar surface area (TPSA) is 71.3 Å². The molecule has 2 N–H and O–H groups in total. The summed E-state index contributed by atoms with van der Waals surface area (Å²) in [6.07, 6.45) is 6.03. The van der Waals surface area contributed by atoms with E-state index in [9.17, 15) is 9.59 Å². The summed E-state index contributed by atoms with van der Waals surface area (Å²) in [5.41, 5.74) is -0.178. The lowest BCUT2D eigenvalue weighted by atomic mass is 9.79. The van der Waals surface area contributed by atoms with E-state index < -0.39 is 11.5 Å². The molecule has 5 nitrogen and oxygen atoms in total. The lowest BCUT2D eigenvalue weighted by Crippen LogP contribution is -2.51. The first kappa shape index (κ1) is 14.9. The predicted octanol–water partition coefficient (Wildman–Crippen LogP) is 2.59. The van der Waals surface area contributed by atoms with E-state index in [1.165, 1.54) is 0 Å². The maximum Gasteiger partial charge on any atom is 0.305 e. The molecular weight excluding hydrogens is 280 g/mol. The van der Waals surface area contributed by atoms with E-state index in [2.05, 4.69) is 5.32 Å². The number of nitrogens with zero attached hydrogens (tertiary/aromatic N) is 1. The van der Waals surface area contributed by atoms with Crippen molar-refractivity contribution in [3.8, 4) is 0 Å². The Morgan fingerprint density at radius 2 is 2.05 bits per heavy atom. The normalized spacial score (nSPS) is 17.7. The summed E-state index contributed by atoms with van der Waals surface area (Å²) in [7, 11) is 1.74. The average molecular weight is 299 g/mol. The summed E-state index contributed by atoms with van der Waals surface area (Å²) >= 11 is 5.88. The van der Waals surface area contributed by atoms with E-state index in [4.69, 9.17) is 16.7 Å². The fraction of sp³-hybridized carbons (Fsp3) is 0.571. The van der Waals surface area contributed by atoms with Crippen LogP contribution in [0.4, 0.5) is 0 Å². The number of hydrogen-bond acceptors (Lipinski definition) is 2. The maximum atomic E-state index is 12.4. The Balaban J connectivity index is 2.17. The number of amides is 1. The summed E-state index contributed by atoms with van der Waals surface area (Å²) in [4.78, 5) is 23.4. The molecule has 1 aliphatic carbocycles. The van der Waals surface area contributed by atoms with Gasteiger partial charge in [-0.25, -0.2) is 0 Å². The van der Waals surface area contributed by atoms with Crippen molar-refractivity contribution in [2.75, 3.05) is 0 Å². The van der Waals surface area contributed by atoms with Gasteiger partial charge in [0.1, 0.15) is 5.69 Å². The first-order valence-corrected chi connectivity index (χ1v) is 7.16. The Bertz CT molecular complexity index is 518. The number of aryl methyl sites for hydroxylation is 1. The highest BCUT2D eigenvalue weighted by atomic mass is 35.5. The summed E-state index contributed by atoms with van der Waals surface area (Å²) in [5.74, 6) is -1.14. The summed E-state index contributed by atoms with van der Waals surface area (Å²) in [6.45, 7) is 0. The molecule has 110 valence electrons. The zero-order valence-corrected chi connectivity index (χ0v) is 12.2. The molecule has 1 aliphatic rings. The second kappa shape index (κ2) is 5.87. The molecule has 0 unspecified atom stereocenters. The molecule has 6 heteroatoms. The second-order valence-electron chi connectivity index (χ2n) is 5.52. The minimum absolute atomic E-state index is 0.0309. The zero-order chi connectivity index (χ0) is 14.8. The highest BCUT2D eigenvalue weighted by molar-refractivity contribution is 6.31. The molecule has 1 fully saturated rings. The number of hydrogen-bond donors (Lipinski definition) is 2. The zero-order valence-electron chi connectivity index (χ0n) is 11.5. The van der Waals surface area contributed by atoms with Gasteiger partial charge < -0.3 is 15.0 Å². The average Bonchev–Trinajstić information content (AvgIpc) is 2.68. The van der Waals surface area contributed by atoms with Crippen LogP contribution in [-0.4, -0.2) is 27.1 Å². The molecule has 1 amide bonds. The Morgan fingerprint density at radius 3 is 2.55 bits per heavy atom. The number of halogens is 1. The van der Waals surface area contributed by atoms with E-state index in [-0.39, 0.29) is 12.3 Å². The van der Waals surface area contributed by atoms with Crippen LogP contribution in [0.15, 0.2) is 12.3 Å². The van der Waals surface area contributed by atoms with Crippen molar-refractivity contribution >= 4 is 23.5 Å². The lowest BCUT2D eigenvalue weighted by Gasteiger charge is -2.37. The van der Waals surface area contributed by atoms with Gasteiger partial charge in [0, 0.05) is 13.2 Å². The van der Waals surface area contributed by atoms with Crippen molar-refractivity contribution in [3.63, 3.8) is 0 Å². The van der Waals surface area contributed by atoms with Crippen LogP contribution in [0, 0.1) is 0 Å². The highest BCUT2D eigenvalue weighted by Gasteiger charge is 2.36. The van der Waals surface area contributed by atoms with Gasteiger partial charge in [-0.1, -0.05) is 30.9 Å². The highest BCUT2D eigenvalue weighted by Crippen LogP contribution is 2.31. The molecule has 0 aromatic carbocycles. The van der Waals surface area contributed by atoms with Gasteiger partial charge in [0.2, 0.25) is 0 Å². The number of carboxylic acids is 1. The number of carboxylic acid groups (broad SMARTS) is 1. The largest absolute Gasteiger partial charge is 0.481 e. The first-order chi connectivity index (χ1) is 9.42. The van der Waals surface area contributed by atoms with Crippen LogP contribution in [0.2, 0.25) is 5.02 Å². The van der Waals surface area contributed by atoms with Crippen molar-refractivity contribution in [3.05, 3.63) is 23.0 Å². The molecule has 1 saturated carbocycles. The Morgan fingerprint density at radius 1 is 1.40 bits per heavy atom. The minimum atomic E-state index is -0.878. The molecular formula is C14H19ClN2O3. The Labute approximate surface area is 122 Å². The quantitative estimate of drug-likeness (QED) is 0.897. The van der Waals surface area contributed by atoms with Crippen molar-refractivity contribution in [2.24, 2.45) is 7.05 Å². The number of aromatic nitrogens is 1. The lowest BCUT2D eigenvalue weighted by molar-refractivity contribution is -0.139. The molecule has 0 atom stereocenters. The fourth-order valence-corrected chi connectivity index (χ4v) is 3.17. The van der Waals surface area contributed by atoms with Crippen LogP contribution in [0.5, 0.6) is 0 Å². The number of carbonyl (C=O) groups excluding carboxylic acids is 1. The number of aliphatic carboxylic acids is 1. The van der Waals surface area contributed by atoms with Crippen LogP contribution in [-0.2, 0) is 11.8 Å². The minimum Gasteiger partial charge on any atom is -0.481 e. The number of rotatable bonds is 4. The van der Waals surface area contributed by atoms with Crippen molar-refractivity contribution in [1.29, 1.82) is 0 Å². The molecule has 0 radical (unpaired) electrons. The molecule has 1 aromatic rings. The third-order valence-electron chi connectivity index (χ3n) is 3.88. The summed E-state index contributed by atoms with van der Waals surface area (Å²) < 4.78 is 1.65. The third-order valence-corrected chi connectivity index (χ3v) is 4.09. The van der Waals surface area contributed by atoms with Gasteiger partial charge in [-0.15, -0.1) is 0 Å². The van der Waals surface area contributed by atoms with Crippen LogP contribution in [0.1, 0.15) is 49.0 Å². The maximum absolute atomic E-state index is 12.4. The molecule has 1 aromatic heterocycles. The molecule has 2 rings (SSSR count). The molecule has 0 spiro atoms. The fourth-order valence-electron chi connectivity index (χ4n) is 2.92. The van der Waals surface area contributed by atoms with Crippen LogP contribution < -0.4 is 5.32 Å². The van der Waals surface area contributed by atoms with Crippen LogP contribution in [0.25, 0.3) is 0 Å². The van der Waals surface area contributed by atoms with Gasteiger partial charge >= 0.3 is 5.97 Å². The summed E-state index contributed by atoms with van der Waals surface area (Å²) in [6, 6.07) is 1.59. The molecule has 1 heterocycles. The molecule has 0 saturated heterocycles. The standard InChI is InChI=1S/C14H19ClN2O3/c1-17-9-10(15)7-11(17)13(20)16-14(8-12(18)19)5-3-2-4-6-14/h7,9H,2-6,8H2,1H3,(H,16,20)(H,18,19). The van der Waals surface area contributed by atoms with E-state index in [0.29, 0.717) is 23.6 Å².